The van der Waals surface area contributed by atoms with E-state index in [1.807, 2.05) is 0 Å². The Kier molecular flexibility index (Phi) is 3.01. The Bertz CT molecular complexity index is 912. The Labute approximate surface area is 134 Å². The molecule has 106 valence electrons. The normalized spacial score (nSPS) is 16.8. The van der Waals surface area contributed by atoms with Gasteiger partial charge in [-0.2, -0.15) is 0 Å². The van der Waals surface area contributed by atoms with Gasteiger partial charge in [0.15, 0.2) is 4.77 Å². The van der Waals surface area contributed by atoms with E-state index < -0.39 is 0 Å². The van der Waals surface area contributed by atoms with Crippen molar-refractivity contribution in [3.8, 4) is 0 Å². The molecular weight excluding hydrogens is 351 g/mol. The molecule has 0 radical (unpaired) electrons. The predicted molar refractivity (Wildman–Crippen MR) is 87.7 cm³/mol. The maximum absolute atomic E-state index is 13.6. The molecule has 0 spiro atoms. The molecule has 0 amide bonds. The van der Waals surface area contributed by atoms with Crippen LogP contribution in [0.15, 0.2) is 40.9 Å². The number of halogens is 2. The fraction of sp³-hybridized carbons (Fsp3) is 0.188. The molecular formula is C16H12BrFN2S. The van der Waals surface area contributed by atoms with Crippen molar-refractivity contribution >= 4 is 39.2 Å². The summed E-state index contributed by atoms with van der Waals surface area (Å²) in [6.45, 7) is 0.827. The zero-order valence-electron chi connectivity index (χ0n) is 11.1. The number of hydrogen-bond acceptors (Lipinski definition) is 1. The number of H-pyrrole nitrogens is 1. The van der Waals surface area contributed by atoms with Crippen LogP contribution in [0.1, 0.15) is 17.0 Å². The lowest BCUT2D eigenvalue weighted by Gasteiger charge is -2.30. The number of imidazole rings is 1. The van der Waals surface area contributed by atoms with Crippen molar-refractivity contribution in [2.24, 2.45) is 0 Å². The molecule has 5 heteroatoms. The average molecular weight is 363 g/mol. The SMILES string of the molecule is Fc1cc2[nH]c(=S)n(CC3Cc4ccccc43)c2cc1Br. The van der Waals surface area contributed by atoms with Crippen LogP contribution in [0.4, 0.5) is 4.39 Å². The molecule has 0 fully saturated rings. The minimum absolute atomic E-state index is 0.278. The van der Waals surface area contributed by atoms with E-state index in [-0.39, 0.29) is 5.82 Å². The first kappa shape index (κ1) is 13.2. The van der Waals surface area contributed by atoms with Crippen LogP contribution < -0.4 is 0 Å². The highest BCUT2D eigenvalue weighted by Gasteiger charge is 2.26. The summed E-state index contributed by atoms with van der Waals surface area (Å²) in [7, 11) is 0. The molecule has 1 atom stereocenters. The summed E-state index contributed by atoms with van der Waals surface area (Å²) >= 11 is 8.64. The molecule has 3 aromatic rings. The summed E-state index contributed by atoms with van der Waals surface area (Å²) in [6, 6.07) is 11.8. The van der Waals surface area contributed by atoms with E-state index in [0.717, 1.165) is 24.0 Å². The number of hydrogen-bond donors (Lipinski definition) is 1. The number of benzene rings is 2. The van der Waals surface area contributed by atoms with Gasteiger partial charge in [-0.25, -0.2) is 4.39 Å². The average Bonchev–Trinajstić information content (AvgIpc) is 2.72. The van der Waals surface area contributed by atoms with Gasteiger partial charge in [0, 0.05) is 18.5 Å². The van der Waals surface area contributed by atoms with Crippen LogP contribution in [0.25, 0.3) is 11.0 Å². The van der Waals surface area contributed by atoms with Crippen LogP contribution in [0, 0.1) is 10.6 Å². The molecule has 1 aliphatic carbocycles. The molecule has 0 bridgehead atoms. The lowest BCUT2D eigenvalue weighted by Crippen LogP contribution is -2.21. The Morgan fingerprint density at radius 3 is 2.95 bits per heavy atom. The second kappa shape index (κ2) is 4.78. The van der Waals surface area contributed by atoms with Crippen LogP contribution >= 0.6 is 28.1 Å². The maximum Gasteiger partial charge on any atom is 0.178 e. The van der Waals surface area contributed by atoms with E-state index in [2.05, 4.69) is 49.7 Å². The van der Waals surface area contributed by atoms with E-state index >= 15 is 0 Å². The minimum Gasteiger partial charge on any atom is -0.330 e. The van der Waals surface area contributed by atoms with Gasteiger partial charge < -0.3 is 9.55 Å². The molecule has 1 unspecified atom stereocenters. The van der Waals surface area contributed by atoms with Crippen molar-refractivity contribution in [3.05, 3.63) is 62.6 Å². The smallest absolute Gasteiger partial charge is 0.178 e. The Hall–Kier alpha value is -1.46. The van der Waals surface area contributed by atoms with Gasteiger partial charge >= 0.3 is 0 Å². The van der Waals surface area contributed by atoms with Gasteiger partial charge in [-0.1, -0.05) is 24.3 Å². The van der Waals surface area contributed by atoms with Crippen molar-refractivity contribution in [1.29, 1.82) is 0 Å². The van der Waals surface area contributed by atoms with Gasteiger partial charge in [0.1, 0.15) is 5.82 Å². The molecule has 2 aromatic carbocycles. The molecule has 1 heterocycles. The predicted octanol–water partition coefficient (Wildman–Crippen LogP) is 4.94. The third-order valence-electron chi connectivity index (χ3n) is 4.18. The van der Waals surface area contributed by atoms with Gasteiger partial charge in [0.25, 0.3) is 0 Å². The monoisotopic (exact) mass is 362 g/mol. The summed E-state index contributed by atoms with van der Waals surface area (Å²) in [5, 5.41) is 0. The zero-order valence-corrected chi connectivity index (χ0v) is 13.5. The number of nitrogens with zero attached hydrogens (tertiary/aromatic N) is 1. The summed E-state index contributed by atoms with van der Waals surface area (Å²) in [5.74, 6) is 0.204. The molecule has 0 aliphatic heterocycles. The fourth-order valence-corrected chi connectivity index (χ4v) is 3.69. The van der Waals surface area contributed by atoms with Crippen LogP contribution in [-0.2, 0) is 13.0 Å². The summed E-state index contributed by atoms with van der Waals surface area (Å²) in [6.07, 6.45) is 1.08. The minimum atomic E-state index is -0.278. The maximum atomic E-state index is 13.6. The second-order valence-electron chi connectivity index (χ2n) is 5.42. The summed E-state index contributed by atoms with van der Waals surface area (Å²) in [5.41, 5.74) is 4.50. The molecule has 4 rings (SSSR count). The van der Waals surface area contributed by atoms with Crippen molar-refractivity contribution in [3.63, 3.8) is 0 Å². The van der Waals surface area contributed by atoms with Crippen LogP contribution in [0.2, 0.25) is 0 Å². The lowest BCUT2D eigenvalue weighted by molar-refractivity contribution is 0.513. The topological polar surface area (TPSA) is 20.7 Å². The molecule has 1 aromatic heterocycles. The highest BCUT2D eigenvalue weighted by atomic mass is 79.9. The van der Waals surface area contributed by atoms with Gasteiger partial charge in [-0.15, -0.1) is 0 Å². The Balaban J connectivity index is 1.77. The van der Waals surface area contributed by atoms with Crippen molar-refractivity contribution in [2.45, 2.75) is 18.9 Å². The quantitative estimate of drug-likeness (QED) is 0.640. The summed E-state index contributed by atoms with van der Waals surface area (Å²) < 4.78 is 16.8. The number of rotatable bonds is 2. The Morgan fingerprint density at radius 1 is 1.33 bits per heavy atom. The summed E-state index contributed by atoms with van der Waals surface area (Å²) in [4.78, 5) is 3.09. The van der Waals surface area contributed by atoms with E-state index in [4.69, 9.17) is 12.2 Å². The lowest BCUT2D eigenvalue weighted by atomic mass is 9.77. The Morgan fingerprint density at radius 2 is 2.14 bits per heavy atom. The first-order chi connectivity index (χ1) is 10.1. The van der Waals surface area contributed by atoms with E-state index in [1.54, 1.807) is 6.07 Å². The fourth-order valence-electron chi connectivity index (χ4n) is 3.08. The molecule has 0 saturated heterocycles. The molecule has 1 N–H and O–H groups in total. The van der Waals surface area contributed by atoms with Gasteiger partial charge in [-0.3, -0.25) is 0 Å². The third-order valence-corrected chi connectivity index (χ3v) is 5.11. The molecule has 2 nitrogen and oxygen atoms in total. The largest absolute Gasteiger partial charge is 0.330 e. The van der Waals surface area contributed by atoms with E-state index in [9.17, 15) is 4.39 Å². The van der Waals surface area contributed by atoms with E-state index in [0.29, 0.717) is 15.2 Å². The standard InChI is InChI=1S/C16H12BrFN2S/c17-12-6-15-14(7-13(12)18)19-16(21)20(15)8-10-5-9-3-1-2-4-11(9)10/h1-4,6-7,10H,5,8H2,(H,19,21). The first-order valence-electron chi connectivity index (χ1n) is 6.79. The van der Waals surface area contributed by atoms with Crippen molar-refractivity contribution in [1.82, 2.24) is 9.55 Å². The second-order valence-corrected chi connectivity index (χ2v) is 6.67. The number of aromatic amines is 1. The molecule has 0 saturated carbocycles. The molecule has 21 heavy (non-hydrogen) atoms. The number of fused-ring (bicyclic) bond motifs is 2. The highest BCUT2D eigenvalue weighted by Crippen LogP contribution is 2.37. The van der Waals surface area contributed by atoms with Gasteiger partial charge in [0.05, 0.1) is 15.5 Å². The third kappa shape index (κ3) is 2.07. The molecule has 1 aliphatic rings. The van der Waals surface area contributed by atoms with Crippen LogP contribution in [0.3, 0.4) is 0 Å². The number of nitrogens with one attached hydrogen (secondary N) is 1. The van der Waals surface area contributed by atoms with Crippen LogP contribution in [-0.4, -0.2) is 9.55 Å². The van der Waals surface area contributed by atoms with Crippen molar-refractivity contribution in [2.75, 3.05) is 0 Å². The highest BCUT2D eigenvalue weighted by molar-refractivity contribution is 9.10. The van der Waals surface area contributed by atoms with E-state index in [1.165, 1.54) is 17.2 Å². The number of aromatic nitrogens is 2. The van der Waals surface area contributed by atoms with Crippen molar-refractivity contribution < 1.29 is 4.39 Å². The van der Waals surface area contributed by atoms with Crippen LogP contribution in [0.5, 0.6) is 0 Å². The van der Waals surface area contributed by atoms with Gasteiger partial charge in [0.2, 0.25) is 0 Å². The van der Waals surface area contributed by atoms with Gasteiger partial charge in [-0.05, 0) is 51.8 Å². The zero-order chi connectivity index (χ0) is 14.6. The first-order valence-corrected chi connectivity index (χ1v) is 7.99.